The number of carbonyl (C=O) groups is 1. The Kier molecular flexibility index (Phi) is 3.28. The van der Waals surface area contributed by atoms with Crippen molar-refractivity contribution in [3.63, 3.8) is 0 Å². The number of benzene rings is 1. The second-order valence-electron chi connectivity index (χ2n) is 4.74. The zero-order chi connectivity index (χ0) is 13.9. The number of imidazole rings is 1. The summed E-state index contributed by atoms with van der Waals surface area (Å²) in [6, 6.07) is 7.82. The van der Waals surface area contributed by atoms with Crippen molar-refractivity contribution in [3.05, 3.63) is 42.5 Å². The third-order valence-electron chi connectivity index (χ3n) is 3.39. The van der Waals surface area contributed by atoms with Crippen LogP contribution in [0.25, 0.3) is 0 Å². The lowest BCUT2D eigenvalue weighted by Crippen LogP contribution is -2.27. The second kappa shape index (κ2) is 5.24. The van der Waals surface area contributed by atoms with Crippen LogP contribution in [-0.2, 0) is 13.6 Å². The molecule has 2 N–H and O–H groups in total. The largest absolute Gasteiger partial charge is 0.378 e. The van der Waals surface area contributed by atoms with E-state index in [1.54, 1.807) is 11.1 Å². The van der Waals surface area contributed by atoms with Gasteiger partial charge in [0.25, 0.3) is 0 Å². The molecule has 104 valence electrons. The van der Waals surface area contributed by atoms with E-state index >= 15 is 0 Å². The van der Waals surface area contributed by atoms with Gasteiger partial charge in [0.05, 0.1) is 6.54 Å². The van der Waals surface area contributed by atoms with Gasteiger partial charge in [-0.1, -0.05) is 6.07 Å². The van der Waals surface area contributed by atoms with Crippen molar-refractivity contribution < 1.29 is 4.79 Å². The molecule has 1 aromatic carbocycles. The molecule has 1 fully saturated rings. The molecule has 0 spiro atoms. The number of nitrogens with one attached hydrogen (secondary N) is 2. The van der Waals surface area contributed by atoms with Gasteiger partial charge in [-0.15, -0.1) is 0 Å². The first-order valence-electron chi connectivity index (χ1n) is 6.59. The predicted molar refractivity (Wildman–Crippen MR) is 77.7 cm³/mol. The third kappa shape index (κ3) is 2.45. The Bertz CT molecular complexity index is 622. The highest BCUT2D eigenvalue weighted by molar-refractivity contribution is 5.94. The number of urea groups is 1. The standard InChI is InChI=1S/C14H17N5O/c1-18-7-5-15-13(18)10-17-11-3-2-4-12(9-11)19-8-6-16-14(19)20/h2-5,7,9,17H,6,8,10H2,1H3,(H,16,20). The van der Waals surface area contributed by atoms with Crippen LogP contribution < -0.4 is 15.5 Å². The molecule has 0 radical (unpaired) electrons. The summed E-state index contributed by atoms with van der Waals surface area (Å²) < 4.78 is 1.98. The Balaban J connectivity index is 1.71. The number of hydrogen-bond donors (Lipinski definition) is 2. The fourth-order valence-electron chi connectivity index (χ4n) is 2.25. The van der Waals surface area contributed by atoms with Crippen molar-refractivity contribution in [2.24, 2.45) is 7.05 Å². The van der Waals surface area contributed by atoms with Gasteiger partial charge < -0.3 is 15.2 Å². The molecule has 0 unspecified atom stereocenters. The van der Waals surface area contributed by atoms with Crippen molar-refractivity contribution in [1.82, 2.24) is 14.9 Å². The molecule has 2 aromatic rings. The molecule has 0 saturated carbocycles. The number of amides is 2. The fraction of sp³-hybridized carbons (Fsp3) is 0.286. The molecular weight excluding hydrogens is 254 g/mol. The summed E-state index contributed by atoms with van der Waals surface area (Å²) in [7, 11) is 1.97. The summed E-state index contributed by atoms with van der Waals surface area (Å²) in [6.07, 6.45) is 3.70. The van der Waals surface area contributed by atoms with Crippen LogP contribution in [0.3, 0.4) is 0 Å². The number of carbonyl (C=O) groups excluding carboxylic acids is 1. The summed E-state index contributed by atoms with van der Waals surface area (Å²) in [5.74, 6) is 0.967. The van der Waals surface area contributed by atoms with Gasteiger partial charge in [0.15, 0.2) is 0 Å². The van der Waals surface area contributed by atoms with E-state index in [0.717, 1.165) is 17.2 Å². The van der Waals surface area contributed by atoms with Crippen LogP contribution in [0.15, 0.2) is 36.7 Å². The van der Waals surface area contributed by atoms with Gasteiger partial charge in [0.2, 0.25) is 0 Å². The quantitative estimate of drug-likeness (QED) is 0.887. The maximum atomic E-state index is 11.7. The lowest BCUT2D eigenvalue weighted by molar-refractivity contribution is 0.252. The Morgan fingerprint density at radius 2 is 2.35 bits per heavy atom. The summed E-state index contributed by atoms with van der Waals surface area (Å²) in [4.78, 5) is 17.7. The van der Waals surface area contributed by atoms with Gasteiger partial charge in [-0.2, -0.15) is 0 Å². The van der Waals surface area contributed by atoms with E-state index in [9.17, 15) is 4.79 Å². The molecule has 20 heavy (non-hydrogen) atoms. The van der Waals surface area contributed by atoms with Gasteiger partial charge in [-0.05, 0) is 18.2 Å². The molecule has 1 aliphatic rings. The number of aryl methyl sites for hydroxylation is 1. The lowest BCUT2D eigenvalue weighted by Gasteiger charge is -2.15. The van der Waals surface area contributed by atoms with E-state index in [1.807, 2.05) is 42.1 Å². The van der Waals surface area contributed by atoms with Crippen molar-refractivity contribution in [2.75, 3.05) is 23.3 Å². The van der Waals surface area contributed by atoms with Crippen LogP contribution in [0.4, 0.5) is 16.2 Å². The Hall–Kier alpha value is -2.50. The predicted octanol–water partition coefficient (Wildman–Crippen LogP) is 1.56. The lowest BCUT2D eigenvalue weighted by atomic mass is 10.2. The highest BCUT2D eigenvalue weighted by atomic mass is 16.2. The van der Waals surface area contributed by atoms with Gasteiger partial charge >= 0.3 is 6.03 Å². The van der Waals surface area contributed by atoms with Crippen molar-refractivity contribution in [1.29, 1.82) is 0 Å². The highest BCUT2D eigenvalue weighted by Crippen LogP contribution is 2.21. The van der Waals surface area contributed by atoms with E-state index < -0.39 is 0 Å². The normalized spacial score (nSPS) is 14.4. The molecule has 1 aromatic heterocycles. The first-order chi connectivity index (χ1) is 9.74. The Labute approximate surface area is 117 Å². The molecular formula is C14H17N5O. The number of rotatable bonds is 4. The summed E-state index contributed by atoms with van der Waals surface area (Å²) in [6.45, 7) is 2.06. The minimum absolute atomic E-state index is 0.0359. The minimum atomic E-state index is -0.0359. The molecule has 6 nitrogen and oxygen atoms in total. The number of nitrogens with zero attached hydrogens (tertiary/aromatic N) is 3. The SMILES string of the molecule is Cn1ccnc1CNc1cccc(N2CCNC2=O)c1. The zero-order valence-corrected chi connectivity index (χ0v) is 11.3. The summed E-state index contributed by atoms with van der Waals surface area (Å²) in [5, 5.41) is 6.13. The molecule has 2 amide bonds. The smallest absolute Gasteiger partial charge is 0.321 e. The first-order valence-corrected chi connectivity index (χ1v) is 6.59. The molecule has 0 bridgehead atoms. The van der Waals surface area contributed by atoms with Gasteiger partial charge in [0.1, 0.15) is 5.82 Å². The van der Waals surface area contributed by atoms with Gasteiger partial charge in [0, 0.05) is 43.9 Å². The number of anilines is 2. The molecule has 0 aliphatic carbocycles. The number of hydrogen-bond acceptors (Lipinski definition) is 3. The van der Waals surface area contributed by atoms with E-state index in [0.29, 0.717) is 19.6 Å². The molecule has 0 atom stereocenters. The van der Waals surface area contributed by atoms with E-state index in [-0.39, 0.29) is 6.03 Å². The van der Waals surface area contributed by atoms with E-state index in [1.165, 1.54) is 0 Å². The maximum Gasteiger partial charge on any atom is 0.321 e. The molecule has 1 saturated heterocycles. The zero-order valence-electron chi connectivity index (χ0n) is 11.3. The monoisotopic (exact) mass is 271 g/mol. The second-order valence-corrected chi connectivity index (χ2v) is 4.74. The van der Waals surface area contributed by atoms with Crippen LogP contribution in [0.5, 0.6) is 0 Å². The topological polar surface area (TPSA) is 62.2 Å². The fourth-order valence-corrected chi connectivity index (χ4v) is 2.25. The first kappa shape index (κ1) is 12.5. The summed E-state index contributed by atoms with van der Waals surface area (Å²) >= 11 is 0. The Morgan fingerprint density at radius 3 is 3.05 bits per heavy atom. The van der Waals surface area contributed by atoms with Crippen LogP contribution >= 0.6 is 0 Å². The van der Waals surface area contributed by atoms with Gasteiger partial charge in [-0.3, -0.25) is 4.90 Å². The average molecular weight is 271 g/mol. The highest BCUT2D eigenvalue weighted by Gasteiger charge is 2.20. The third-order valence-corrected chi connectivity index (χ3v) is 3.39. The Morgan fingerprint density at radius 1 is 1.45 bits per heavy atom. The van der Waals surface area contributed by atoms with Crippen LogP contribution in [0, 0.1) is 0 Å². The van der Waals surface area contributed by atoms with Crippen molar-refractivity contribution in [3.8, 4) is 0 Å². The van der Waals surface area contributed by atoms with Crippen LogP contribution in [0.2, 0.25) is 0 Å². The van der Waals surface area contributed by atoms with Crippen LogP contribution in [-0.4, -0.2) is 28.7 Å². The summed E-state index contributed by atoms with van der Waals surface area (Å²) in [5.41, 5.74) is 1.88. The van der Waals surface area contributed by atoms with Crippen molar-refractivity contribution >= 4 is 17.4 Å². The maximum absolute atomic E-state index is 11.7. The van der Waals surface area contributed by atoms with Crippen molar-refractivity contribution in [2.45, 2.75) is 6.54 Å². The molecule has 1 aliphatic heterocycles. The van der Waals surface area contributed by atoms with Crippen LogP contribution in [0.1, 0.15) is 5.82 Å². The molecule has 2 heterocycles. The minimum Gasteiger partial charge on any atom is -0.378 e. The van der Waals surface area contributed by atoms with Gasteiger partial charge in [-0.25, -0.2) is 9.78 Å². The van der Waals surface area contributed by atoms with E-state index in [2.05, 4.69) is 15.6 Å². The average Bonchev–Trinajstić information content (AvgIpc) is 3.05. The number of aromatic nitrogens is 2. The molecule has 3 rings (SSSR count). The van der Waals surface area contributed by atoms with E-state index in [4.69, 9.17) is 0 Å². The molecule has 6 heteroatoms.